The Morgan fingerprint density at radius 1 is 0.735 bits per heavy atom. The van der Waals surface area contributed by atoms with Crippen LogP contribution in [0.1, 0.15) is 46.0 Å². The summed E-state index contributed by atoms with van der Waals surface area (Å²) in [6.45, 7) is 3.13. The number of aliphatic carboxylic acids is 2. The maximum atomic E-state index is 12.8. The summed E-state index contributed by atoms with van der Waals surface area (Å²) in [5, 5.41) is 24.8. The van der Waals surface area contributed by atoms with Gasteiger partial charge in [-0.1, -0.05) is 13.8 Å². The van der Waals surface area contributed by atoms with Crippen molar-refractivity contribution in [3.05, 3.63) is 0 Å². The first-order valence-electron chi connectivity index (χ1n) is 10.3. The molecule has 5 amide bonds. The second-order valence-corrected chi connectivity index (χ2v) is 7.91. The fourth-order valence-electron chi connectivity index (χ4n) is 2.71. The molecule has 15 nitrogen and oxygen atoms in total. The van der Waals surface area contributed by atoms with E-state index in [0.29, 0.717) is 0 Å². The van der Waals surface area contributed by atoms with Crippen molar-refractivity contribution < 1.29 is 43.8 Å². The van der Waals surface area contributed by atoms with Crippen LogP contribution in [-0.4, -0.2) is 75.9 Å². The van der Waals surface area contributed by atoms with E-state index in [9.17, 15) is 38.7 Å². The van der Waals surface area contributed by atoms with E-state index in [1.165, 1.54) is 0 Å². The average molecular weight is 488 g/mol. The largest absolute Gasteiger partial charge is 0.481 e. The number of amides is 5. The van der Waals surface area contributed by atoms with Gasteiger partial charge >= 0.3 is 11.9 Å². The fraction of sp³-hybridized carbons (Fsp3) is 0.632. The summed E-state index contributed by atoms with van der Waals surface area (Å²) in [6.07, 6.45) is -1.93. The molecule has 0 rings (SSSR count). The highest BCUT2D eigenvalue weighted by atomic mass is 16.4. The van der Waals surface area contributed by atoms with Crippen LogP contribution in [-0.2, 0) is 33.6 Å². The molecule has 4 unspecified atom stereocenters. The fourth-order valence-corrected chi connectivity index (χ4v) is 2.71. The van der Waals surface area contributed by atoms with E-state index < -0.39 is 78.0 Å². The van der Waals surface area contributed by atoms with Crippen molar-refractivity contribution in [2.24, 2.45) is 23.1 Å². The quantitative estimate of drug-likeness (QED) is 0.106. The van der Waals surface area contributed by atoms with Crippen molar-refractivity contribution in [2.45, 2.75) is 70.1 Å². The van der Waals surface area contributed by atoms with Gasteiger partial charge in [0.15, 0.2) is 0 Å². The molecule has 0 radical (unpaired) electrons. The molecular weight excluding hydrogens is 456 g/mol. The van der Waals surface area contributed by atoms with Gasteiger partial charge in [0.2, 0.25) is 29.5 Å². The molecule has 0 aliphatic heterocycles. The number of hydrogen-bond donors (Lipinski definition) is 8. The highest BCUT2D eigenvalue weighted by Crippen LogP contribution is 2.07. The van der Waals surface area contributed by atoms with E-state index >= 15 is 0 Å². The molecule has 34 heavy (non-hydrogen) atoms. The minimum Gasteiger partial charge on any atom is -0.481 e. The molecule has 0 aromatic heterocycles. The van der Waals surface area contributed by atoms with Crippen LogP contribution in [0.4, 0.5) is 0 Å². The van der Waals surface area contributed by atoms with Crippen LogP contribution in [0.15, 0.2) is 0 Å². The lowest BCUT2D eigenvalue weighted by Crippen LogP contribution is -2.58. The van der Waals surface area contributed by atoms with Gasteiger partial charge < -0.3 is 43.4 Å². The van der Waals surface area contributed by atoms with Gasteiger partial charge in [0.05, 0.1) is 12.5 Å². The third kappa shape index (κ3) is 11.8. The number of rotatable bonds is 16. The van der Waals surface area contributed by atoms with Gasteiger partial charge in [-0.2, -0.15) is 0 Å². The van der Waals surface area contributed by atoms with Crippen LogP contribution in [0, 0.1) is 5.92 Å². The lowest BCUT2D eigenvalue weighted by Gasteiger charge is -2.26. The van der Waals surface area contributed by atoms with E-state index in [-0.39, 0.29) is 25.7 Å². The Kier molecular flexibility index (Phi) is 12.8. The van der Waals surface area contributed by atoms with E-state index in [1.807, 2.05) is 0 Å². The number of carbonyl (C=O) groups is 7. The van der Waals surface area contributed by atoms with E-state index in [1.54, 1.807) is 13.8 Å². The first-order valence-corrected chi connectivity index (χ1v) is 10.3. The summed E-state index contributed by atoms with van der Waals surface area (Å²) in [7, 11) is 0. The summed E-state index contributed by atoms with van der Waals surface area (Å²) < 4.78 is 0. The lowest BCUT2D eigenvalue weighted by atomic mass is 10.0. The van der Waals surface area contributed by atoms with Gasteiger partial charge in [-0.3, -0.25) is 28.8 Å². The van der Waals surface area contributed by atoms with Crippen molar-refractivity contribution >= 4 is 41.5 Å². The predicted octanol–water partition coefficient (Wildman–Crippen LogP) is -3.49. The predicted molar refractivity (Wildman–Crippen MR) is 115 cm³/mol. The topological polar surface area (TPSA) is 274 Å². The Balaban J connectivity index is 5.52. The molecule has 192 valence electrons. The second-order valence-electron chi connectivity index (χ2n) is 7.91. The first-order chi connectivity index (χ1) is 15.6. The third-order valence-corrected chi connectivity index (χ3v) is 4.58. The molecular formula is C19H32N6O9. The summed E-state index contributed by atoms with van der Waals surface area (Å²) in [6, 6.07) is -5.58. The van der Waals surface area contributed by atoms with Crippen LogP contribution in [0.3, 0.4) is 0 Å². The monoisotopic (exact) mass is 488 g/mol. The molecule has 0 aliphatic rings. The molecule has 15 heteroatoms. The first kappa shape index (κ1) is 30.2. The molecule has 11 N–H and O–H groups in total. The van der Waals surface area contributed by atoms with Gasteiger partial charge in [-0.05, 0) is 18.8 Å². The maximum absolute atomic E-state index is 12.8. The Morgan fingerprint density at radius 3 is 1.62 bits per heavy atom. The van der Waals surface area contributed by atoms with Gasteiger partial charge in [0, 0.05) is 12.8 Å². The molecule has 0 aliphatic carbocycles. The van der Waals surface area contributed by atoms with Gasteiger partial charge in [-0.25, -0.2) is 4.79 Å². The molecule has 0 aromatic rings. The number of primary amides is 2. The molecule has 0 fully saturated rings. The zero-order valence-corrected chi connectivity index (χ0v) is 18.9. The maximum Gasteiger partial charge on any atom is 0.326 e. The third-order valence-electron chi connectivity index (χ3n) is 4.58. The van der Waals surface area contributed by atoms with Gasteiger partial charge in [0.1, 0.15) is 18.1 Å². The van der Waals surface area contributed by atoms with Crippen molar-refractivity contribution in [1.82, 2.24) is 16.0 Å². The minimum absolute atomic E-state index is 0.285. The number of hydrogen-bond acceptors (Lipinski definition) is 8. The Hall–Kier alpha value is -3.75. The van der Waals surface area contributed by atoms with Crippen LogP contribution >= 0.6 is 0 Å². The molecule has 0 saturated carbocycles. The van der Waals surface area contributed by atoms with Crippen LogP contribution in [0.25, 0.3) is 0 Å². The summed E-state index contributed by atoms with van der Waals surface area (Å²) in [5.74, 6) is -7.60. The Bertz CT molecular complexity index is 801. The van der Waals surface area contributed by atoms with Crippen molar-refractivity contribution in [3.8, 4) is 0 Å². The molecule has 0 saturated heterocycles. The van der Waals surface area contributed by atoms with Gasteiger partial charge in [-0.15, -0.1) is 0 Å². The standard InChI is InChI=1S/C19H32N6O9/c1-8(2)15(25-16(30)9(20)7-14(28)29)18(32)23-10(3-5-12(21)26)17(31)24-11(19(33)34)4-6-13(22)27/h8-11,15H,3-7,20H2,1-2H3,(H2,21,26)(H2,22,27)(H,23,32)(H,24,31)(H,25,30)(H,28,29)(H,33,34). The molecule has 0 spiro atoms. The van der Waals surface area contributed by atoms with E-state index in [2.05, 4.69) is 16.0 Å². The number of carboxylic acids is 2. The Morgan fingerprint density at radius 2 is 1.21 bits per heavy atom. The van der Waals surface area contributed by atoms with Crippen molar-refractivity contribution in [1.29, 1.82) is 0 Å². The number of carbonyl (C=O) groups excluding carboxylic acids is 5. The second kappa shape index (κ2) is 14.4. The van der Waals surface area contributed by atoms with Crippen LogP contribution in [0.5, 0.6) is 0 Å². The Labute approximate surface area is 195 Å². The summed E-state index contributed by atoms with van der Waals surface area (Å²) in [5.41, 5.74) is 15.6. The smallest absolute Gasteiger partial charge is 0.326 e. The number of nitrogens with one attached hydrogen (secondary N) is 3. The van der Waals surface area contributed by atoms with Crippen molar-refractivity contribution in [2.75, 3.05) is 0 Å². The van der Waals surface area contributed by atoms with Crippen molar-refractivity contribution in [3.63, 3.8) is 0 Å². The summed E-state index contributed by atoms with van der Waals surface area (Å²) in [4.78, 5) is 81.9. The van der Waals surface area contributed by atoms with E-state index in [4.69, 9.17) is 22.3 Å². The van der Waals surface area contributed by atoms with Gasteiger partial charge in [0.25, 0.3) is 0 Å². The number of carboxylic acid groups (broad SMARTS) is 2. The molecule has 0 aromatic carbocycles. The summed E-state index contributed by atoms with van der Waals surface area (Å²) >= 11 is 0. The highest BCUT2D eigenvalue weighted by Gasteiger charge is 2.32. The lowest BCUT2D eigenvalue weighted by molar-refractivity contribution is -0.143. The SMILES string of the molecule is CC(C)C(NC(=O)C(N)CC(=O)O)C(=O)NC(CCC(N)=O)C(=O)NC(CCC(N)=O)C(=O)O. The molecule has 0 heterocycles. The highest BCUT2D eigenvalue weighted by molar-refractivity contribution is 5.95. The van der Waals surface area contributed by atoms with Crippen LogP contribution in [0.2, 0.25) is 0 Å². The zero-order chi connectivity index (χ0) is 26.6. The molecule has 4 atom stereocenters. The van der Waals surface area contributed by atoms with E-state index in [0.717, 1.165) is 0 Å². The molecule has 0 bridgehead atoms. The number of nitrogens with two attached hydrogens (primary N) is 3. The minimum atomic E-state index is -1.50. The average Bonchev–Trinajstić information content (AvgIpc) is 2.70. The zero-order valence-electron chi connectivity index (χ0n) is 18.9. The van der Waals surface area contributed by atoms with Crippen LogP contribution < -0.4 is 33.2 Å². The normalized spacial score (nSPS) is 14.2.